The number of piperidine rings is 1. The first-order valence-corrected chi connectivity index (χ1v) is 9.93. The molecule has 0 radical (unpaired) electrons. The van der Waals surface area contributed by atoms with Crippen molar-refractivity contribution in [1.82, 2.24) is 9.80 Å². The molecule has 142 valence electrons. The van der Waals surface area contributed by atoms with Crippen molar-refractivity contribution in [1.29, 1.82) is 0 Å². The topological polar surface area (TPSA) is 40.6 Å². The first-order valence-electron chi connectivity index (χ1n) is 9.55. The fourth-order valence-electron chi connectivity index (χ4n) is 3.89. The van der Waals surface area contributed by atoms with Crippen LogP contribution < -0.4 is 0 Å². The van der Waals surface area contributed by atoms with Crippen LogP contribution in [0.1, 0.15) is 44.1 Å². The van der Waals surface area contributed by atoms with E-state index in [0.717, 1.165) is 25.9 Å². The van der Waals surface area contributed by atoms with Crippen LogP contribution in [0.4, 0.5) is 4.39 Å². The van der Waals surface area contributed by atoms with E-state index in [1.165, 1.54) is 25.0 Å². The summed E-state index contributed by atoms with van der Waals surface area (Å²) in [6, 6.07) is 4.45. The molecule has 2 aliphatic rings. The van der Waals surface area contributed by atoms with Crippen LogP contribution in [0.5, 0.6) is 0 Å². The number of benzene rings is 1. The lowest BCUT2D eigenvalue weighted by Gasteiger charge is -2.34. The van der Waals surface area contributed by atoms with Crippen LogP contribution in [0.3, 0.4) is 0 Å². The van der Waals surface area contributed by atoms with Crippen molar-refractivity contribution >= 4 is 23.4 Å². The van der Waals surface area contributed by atoms with E-state index >= 15 is 0 Å². The highest BCUT2D eigenvalue weighted by atomic mass is 35.5. The zero-order valence-electron chi connectivity index (χ0n) is 15.1. The van der Waals surface area contributed by atoms with Crippen LogP contribution in [0.15, 0.2) is 18.2 Å². The monoisotopic (exact) mass is 380 g/mol. The molecule has 0 saturated carbocycles. The smallest absolute Gasteiger partial charge is 0.227 e. The molecule has 0 aliphatic carbocycles. The molecule has 2 fully saturated rings. The lowest BCUT2D eigenvalue weighted by atomic mass is 9.94. The van der Waals surface area contributed by atoms with Gasteiger partial charge < -0.3 is 9.80 Å². The Balaban J connectivity index is 1.53. The Kier molecular flexibility index (Phi) is 6.52. The summed E-state index contributed by atoms with van der Waals surface area (Å²) in [6.07, 6.45) is 5.93. The molecule has 2 amide bonds. The molecule has 0 bridgehead atoms. The SMILES string of the molecule is O=C(Cc1c(F)cccc1Cl)N1CCC(C(=O)N2CCCCCC2)CC1. The van der Waals surface area contributed by atoms with Crippen molar-refractivity contribution in [3.63, 3.8) is 0 Å². The largest absolute Gasteiger partial charge is 0.342 e. The number of hydrogen-bond acceptors (Lipinski definition) is 2. The highest BCUT2D eigenvalue weighted by molar-refractivity contribution is 6.31. The fourth-order valence-corrected chi connectivity index (χ4v) is 4.12. The molecule has 2 heterocycles. The van der Waals surface area contributed by atoms with Gasteiger partial charge in [0.1, 0.15) is 5.82 Å². The van der Waals surface area contributed by atoms with Gasteiger partial charge in [0, 0.05) is 42.7 Å². The Morgan fingerprint density at radius 2 is 1.65 bits per heavy atom. The van der Waals surface area contributed by atoms with Gasteiger partial charge in [0.25, 0.3) is 0 Å². The number of hydrogen-bond donors (Lipinski definition) is 0. The second-order valence-corrected chi connectivity index (χ2v) is 7.68. The molecule has 0 unspecified atom stereocenters. The highest BCUT2D eigenvalue weighted by Crippen LogP contribution is 2.24. The summed E-state index contributed by atoms with van der Waals surface area (Å²) in [5, 5.41) is 0.282. The number of nitrogens with zero attached hydrogens (tertiary/aromatic N) is 2. The molecule has 2 aliphatic heterocycles. The van der Waals surface area contributed by atoms with Gasteiger partial charge in [-0.25, -0.2) is 4.39 Å². The number of carbonyl (C=O) groups excluding carboxylic acids is 2. The Labute approximate surface area is 159 Å². The van der Waals surface area contributed by atoms with Crippen LogP contribution in [0.2, 0.25) is 5.02 Å². The molecule has 2 saturated heterocycles. The summed E-state index contributed by atoms with van der Waals surface area (Å²) in [5.41, 5.74) is 0.252. The third kappa shape index (κ3) is 4.56. The standard InChI is InChI=1S/C20H26ClFN2O2/c21-17-6-5-7-18(22)16(17)14-19(25)23-12-8-15(9-13-23)20(26)24-10-3-1-2-4-11-24/h5-7,15H,1-4,8-14H2. The molecule has 0 N–H and O–H groups in total. The maximum absolute atomic E-state index is 13.9. The first kappa shape index (κ1) is 19.2. The predicted molar refractivity (Wildman–Crippen MR) is 99.5 cm³/mol. The number of likely N-dealkylation sites (tertiary alicyclic amines) is 2. The van der Waals surface area contributed by atoms with Gasteiger partial charge in [-0.15, -0.1) is 0 Å². The summed E-state index contributed by atoms with van der Waals surface area (Å²) >= 11 is 6.02. The second kappa shape index (κ2) is 8.85. The van der Waals surface area contributed by atoms with E-state index in [2.05, 4.69) is 0 Å². The van der Waals surface area contributed by atoms with E-state index in [1.807, 2.05) is 4.90 Å². The summed E-state index contributed by atoms with van der Waals surface area (Å²) in [4.78, 5) is 29.0. The van der Waals surface area contributed by atoms with E-state index in [4.69, 9.17) is 11.6 Å². The molecule has 0 spiro atoms. The molecule has 0 atom stereocenters. The van der Waals surface area contributed by atoms with Crippen LogP contribution >= 0.6 is 11.6 Å². The molecular formula is C20H26ClFN2O2. The molecule has 6 heteroatoms. The first-order chi connectivity index (χ1) is 12.6. The summed E-state index contributed by atoms with van der Waals surface area (Å²) in [6.45, 7) is 2.83. The average Bonchev–Trinajstić information content (AvgIpc) is 2.94. The van der Waals surface area contributed by atoms with Gasteiger partial charge in [0.05, 0.1) is 6.42 Å². The molecule has 3 rings (SSSR count). The predicted octanol–water partition coefficient (Wildman–Crippen LogP) is 3.66. The van der Waals surface area contributed by atoms with Crippen molar-refractivity contribution in [3.05, 3.63) is 34.6 Å². The van der Waals surface area contributed by atoms with Crippen molar-refractivity contribution in [2.75, 3.05) is 26.2 Å². The van der Waals surface area contributed by atoms with Gasteiger partial charge >= 0.3 is 0 Å². The van der Waals surface area contributed by atoms with E-state index in [0.29, 0.717) is 25.9 Å². The van der Waals surface area contributed by atoms with Crippen molar-refractivity contribution in [3.8, 4) is 0 Å². The molecule has 4 nitrogen and oxygen atoms in total. The zero-order valence-corrected chi connectivity index (χ0v) is 15.8. The zero-order chi connectivity index (χ0) is 18.5. The normalized spacial score (nSPS) is 19.3. The Bertz CT molecular complexity index is 631. The Hall–Kier alpha value is -1.62. The van der Waals surface area contributed by atoms with Crippen molar-refractivity contribution in [2.45, 2.75) is 44.9 Å². The van der Waals surface area contributed by atoms with Gasteiger partial charge in [0.15, 0.2) is 0 Å². The molecular weight excluding hydrogens is 355 g/mol. The number of carbonyl (C=O) groups is 2. The number of rotatable bonds is 3. The minimum absolute atomic E-state index is 0.00852. The van der Waals surface area contributed by atoms with Gasteiger partial charge in [-0.3, -0.25) is 9.59 Å². The van der Waals surface area contributed by atoms with Crippen LogP contribution in [0.25, 0.3) is 0 Å². The molecule has 1 aromatic rings. The van der Waals surface area contributed by atoms with E-state index in [-0.39, 0.29) is 34.7 Å². The van der Waals surface area contributed by atoms with E-state index in [9.17, 15) is 14.0 Å². The van der Waals surface area contributed by atoms with Crippen molar-refractivity contribution in [2.24, 2.45) is 5.92 Å². The van der Waals surface area contributed by atoms with Crippen LogP contribution in [-0.4, -0.2) is 47.8 Å². The van der Waals surface area contributed by atoms with Crippen LogP contribution in [-0.2, 0) is 16.0 Å². The lowest BCUT2D eigenvalue weighted by Crippen LogP contribution is -2.45. The summed E-state index contributed by atoms with van der Waals surface area (Å²) in [7, 11) is 0. The summed E-state index contributed by atoms with van der Waals surface area (Å²) < 4.78 is 13.9. The Morgan fingerprint density at radius 3 is 2.27 bits per heavy atom. The fraction of sp³-hybridized carbons (Fsp3) is 0.600. The molecule has 1 aromatic carbocycles. The quantitative estimate of drug-likeness (QED) is 0.802. The van der Waals surface area contributed by atoms with E-state index < -0.39 is 5.82 Å². The average molecular weight is 381 g/mol. The molecule has 26 heavy (non-hydrogen) atoms. The second-order valence-electron chi connectivity index (χ2n) is 7.27. The summed E-state index contributed by atoms with van der Waals surface area (Å²) in [5.74, 6) is -0.319. The highest BCUT2D eigenvalue weighted by Gasteiger charge is 2.30. The minimum Gasteiger partial charge on any atom is -0.342 e. The number of halogens is 2. The number of amides is 2. The maximum atomic E-state index is 13.9. The van der Waals surface area contributed by atoms with Gasteiger partial charge in [-0.1, -0.05) is 30.5 Å². The third-order valence-corrected chi connectivity index (χ3v) is 5.86. The van der Waals surface area contributed by atoms with Crippen molar-refractivity contribution < 1.29 is 14.0 Å². The van der Waals surface area contributed by atoms with Gasteiger partial charge in [0.2, 0.25) is 11.8 Å². The Morgan fingerprint density at radius 1 is 1.00 bits per heavy atom. The van der Waals surface area contributed by atoms with Gasteiger partial charge in [-0.05, 0) is 37.8 Å². The molecule has 0 aromatic heterocycles. The van der Waals surface area contributed by atoms with Crippen LogP contribution in [0, 0.1) is 11.7 Å². The third-order valence-electron chi connectivity index (χ3n) is 5.50. The minimum atomic E-state index is -0.447. The maximum Gasteiger partial charge on any atom is 0.227 e. The lowest BCUT2D eigenvalue weighted by molar-refractivity contribution is -0.140. The van der Waals surface area contributed by atoms with E-state index in [1.54, 1.807) is 11.0 Å². The van der Waals surface area contributed by atoms with Gasteiger partial charge in [-0.2, -0.15) is 0 Å².